The minimum Gasteiger partial charge on any atom is -0.481 e. The zero-order valence-electron chi connectivity index (χ0n) is 10.7. The SMILES string of the molecule is CCOC1CCN(C(=O)N2CC(C(=O)O)C2)CC1. The Morgan fingerprint density at radius 2 is 1.83 bits per heavy atom. The largest absolute Gasteiger partial charge is 0.481 e. The second-order valence-electron chi connectivity index (χ2n) is 4.86. The molecular formula is C12H20N2O4. The lowest BCUT2D eigenvalue weighted by molar-refractivity contribution is -0.146. The Kier molecular flexibility index (Phi) is 4.06. The molecule has 0 radical (unpaired) electrons. The van der Waals surface area contributed by atoms with Gasteiger partial charge in [0.1, 0.15) is 0 Å². The second-order valence-corrected chi connectivity index (χ2v) is 4.86. The van der Waals surface area contributed by atoms with Crippen LogP contribution < -0.4 is 0 Å². The standard InChI is InChI=1S/C12H20N2O4/c1-2-18-10-3-5-13(6-4-10)12(17)14-7-9(8-14)11(15)16/h9-10H,2-8H2,1H3,(H,15,16). The van der Waals surface area contributed by atoms with Gasteiger partial charge in [-0.2, -0.15) is 0 Å². The molecular weight excluding hydrogens is 236 g/mol. The number of carbonyl (C=O) groups excluding carboxylic acids is 1. The van der Waals surface area contributed by atoms with Crippen molar-refractivity contribution in [1.29, 1.82) is 0 Å². The van der Waals surface area contributed by atoms with Gasteiger partial charge in [0.25, 0.3) is 0 Å². The van der Waals surface area contributed by atoms with E-state index in [0.717, 1.165) is 12.8 Å². The number of likely N-dealkylation sites (tertiary alicyclic amines) is 2. The van der Waals surface area contributed by atoms with Gasteiger partial charge in [-0.25, -0.2) is 4.79 Å². The molecule has 2 aliphatic rings. The summed E-state index contributed by atoms with van der Waals surface area (Å²) in [4.78, 5) is 26.1. The van der Waals surface area contributed by atoms with Gasteiger partial charge in [0.2, 0.25) is 0 Å². The molecule has 102 valence electrons. The zero-order chi connectivity index (χ0) is 13.1. The molecule has 2 saturated heterocycles. The van der Waals surface area contributed by atoms with E-state index in [-0.39, 0.29) is 18.1 Å². The molecule has 0 aromatic heterocycles. The van der Waals surface area contributed by atoms with Gasteiger partial charge in [-0.05, 0) is 19.8 Å². The van der Waals surface area contributed by atoms with Crippen molar-refractivity contribution in [3.8, 4) is 0 Å². The highest BCUT2D eigenvalue weighted by atomic mass is 16.5. The number of aliphatic carboxylic acids is 1. The van der Waals surface area contributed by atoms with Crippen LogP contribution in [-0.2, 0) is 9.53 Å². The fraction of sp³-hybridized carbons (Fsp3) is 0.833. The average Bonchev–Trinajstić information content (AvgIpc) is 2.27. The lowest BCUT2D eigenvalue weighted by Gasteiger charge is -2.41. The molecule has 2 amide bonds. The van der Waals surface area contributed by atoms with Gasteiger partial charge in [-0.1, -0.05) is 0 Å². The summed E-state index contributed by atoms with van der Waals surface area (Å²) in [5.41, 5.74) is 0. The van der Waals surface area contributed by atoms with E-state index in [2.05, 4.69) is 0 Å². The van der Waals surface area contributed by atoms with Crippen molar-refractivity contribution in [1.82, 2.24) is 9.80 Å². The molecule has 2 heterocycles. The van der Waals surface area contributed by atoms with Gasteiger partial charge < -0.3 is 19.6 Å². The number of hydrogen-bond acceptors (Lipinski definition) is 3. The van der Waals surface area contributed by atoms with E-state index in [0.29, 0.717) is 32.8 Å². The summed E-state index contributed by atoms with van der Waals surface area (Å²) >= 11 is 0. The number of rotatable bonds is 3. The third-order valence-corrected chi connectivity index (χ3v) is 3.62. The van der Waals surface area contributed by atoms with Crippen LogP contribution in [0.1, 0.15) is 19.8 Å². The van der Waals surface area contributed by atoms with Gasteiger partial charge in [-0.3, -0.25) is 4.79 Å². The third-order valence-electron chi connectivity index (χ3n) is 3.62. The van der Waals surface area contributed by atoms with Crippen molar-refractivity contribution < 1.29 is 19.4 Å². The Morgan fingerprint density at radius 1 is 1.22 bits per heavy atom. The van der Waals surface area contributed by atoms with Crippen LogP contribution in [-0.4, -0.2) is 65.8 Å². The number of hydrogen-bond donors (Lipinski definition) is 1. The summed E-state index contributed by atoms with van der Waals surface area (Å²) in [6.45, 7) is 4.79. The van der Waals surface area contributed by atoms with Crippen molar-refractivity contribution in [2.24, 2.45) is 5.92 Å². The molecule has 18 heavy (non-hydrogen) atoms. The quantitative estimate of drug-likeness (QED) is 0.803. The van der Waals surface area contributed by atoms with Gasteiger partial charge >= 0.3 is 12.0 Å². The Balaban J connectivity index is 1.74. The molecule has 0 bridgehead atoms. The summed E-state index contributed by atoms with van der Waals surface area (Å²) in [6, 6.07) is -0.0255. The van der Waals surface area contributed by atoms with Crippen LogP contribution in [0.25, 0.3) is 0 Å². The second kappa shape index (κ2) is 5.56. The van der Waals surface area contributed by atoms with Gasteiger partial charge in [-0.15, -0.1) is 0 Å². The lowest BCUT2D eigenvalue weighted by atomic mass is 10.0. The predicted octanol–water partition coefficient (Wildman–Crippen LogP) is 0.624. The lowest BCUT2D eigenvalue weighted by Crippen LogP contribution is -2.58. The molecule has 6 nitrogen and oxygen atoms in total. The highest BCUT2D eigenvalue weighted by molar-refractivity contribution is 5.79. The van der Waals surface area contributed by atoms with Crippen LogP contribution in [0.3, 0.4) is 0 Å². The van der Waals surface area contributed by atoms with Crippen LogP contribution in [0.5, 0.6) is 0 Å². The van der Waals surface area contributed by atoms with Crippen molar-refractivity contribution >= 4 is 12.0 Å². The van der Waals surface area contributed by atoms with Crippen LogP contribution in [0.4, 0.5) is 4.79 Å². The average molecular weight is 256 g/mol. The predicted molar refractivity (Wildman–Crippen MR) is 64.3 cm³/mol. The van der Waals surface area contributed by atoms with Crippen molar-refractivity contribution in [3.63, 3.8) is 0 Å². The van der Waals surface area contributed by atoms with E-state index in [1.54, 1.807) is 9.80 Å². The van der Waals surface area contributed by atoms with E-state index in [4.69, 9.17) is 9.84 Å². The molecule has 2 aliphatic heterocycles. The highest BCUT2D eigenvalue weighted by Gasteiger charge is 2.38. The topological polar surface area (TPSA) is 70.1 Å². The van der Waals surface area contributed by atoms with E-state index in [1.165, 1.54) is 0 Å². The number of carboxylic acid groups (broad SMARTS) is 1. The molecule has 0 aliphatic carbocycles. The summed E-state index contributed by atoms with van der Waals surface area (Å²) in [6.07, 6.45) is 2.01. The summed E-state index contributed by atoms with van der Waals surface area (Å²) < 4.78 is 5.53. The first-order chi connectivity index (χ1) is 8.61. The number of urea groups is 1. The Morgan fingerprint density at radius 3 is 2.33 bits per heavy atom. The van der Waals surface area contributed by atoms with Crippen molar-refractivity contribution in [2.45, 2.75) is 25.9 Å². The normalized spacial score (nSPS) is 21.8. The van der Waals surface area contributed by atoms with E-state index in [1.807, 2.05) is 6.92 Å². The number of amides is 2. The van der Waals surface area contributed by atoms with Crippen molar-refractivity contribution in [3.05, 3.63) is 0 Å². The minimum absolute atomic E-state index is 0.0255. The van der Waals surface area contributed by atoms with Gasteiger partial charge in [0.15, 0.2) is 0 Å². The third kappa shape index (κ3) is 2.75. The Bertz CT molecular complexity index is 320. The molecule has 0 spiro atoms. The van der Waals surface area contributed by atoms with Gasteiger partial charge in [0, 0.05) is 32.8 Å². The van der Waals surface area contributed by atoms with Crippen LogP contribution >= 0.6 is 0 Å². The molecule has 2 fully saturated rings. The van der Waals surface area contributed by atoms with Crippen molar-refractivity contribution in [2.75, 3.05) is 32.8 Å². The fourth-order valence-corrected chi connectivity index (χ4v) is 2.44. The highest BCUT2D eigenvalue weighted by Crippen LogP contribution is 2.20. The van der Waals surface area contributed by atoms with Crippen LogP contribution in [0.15, 0.2) is 0 Å². The maximum absolute atomic E-state index is 12.0. The zero-order valence-corrected chi connectivity index (χ0v) is 10.7. The number of carbonyl (C=O) groups is 2. The number of ether oxygens (including phenoxy) is 1. The first-order valence-electron chi connectivity index (χ1n) is 6.50. The number of carboxylic acids is 1. The monoisotopic (exact) mass is 256 g/mol. The van der Waals surface area contributed by atoms with E-state index < -0.39 is 5.97 Å². The molecule has 1 N–H and O–H groups in total. The molecule has 0 atom stereocenters. The molecule has 6 heteroatoms. The van der Waals surface area contributed by atoms with Crippen LogP contribution in [0.2, 0.25) is 0 Å². The van der Waals surface area contributed by atoms with E-state index >= 15 is 0 Å². The molecule has 0 aromatic rings. The summed E-state index contributed by atoms with van der Waals surface area (Å²) in [5.74, 6) is -1.19. The molecule has 0 unspecified atom stereocenters. The van der Waals surface area contributed by atoms with Crippen LogP contribution in [0, 0.1) is 5.92 Å². The fourth-order valence-electron chi connectivity index (χ4n) is 2.44. The summed E-state index contributed by atoms with van der Waals surface area (Å²) in [7, 11) is 0. The van der Waals surface area contributed by atoms with Gasteiger partial charge in [0.05, 0.1) is 12.0 Å². The molecule has 0 aromatic carbocycles. The summed E-state index contributed by atoms with van der Waals surface area (Å²) in [5, 5.41) is 8.77. The first-order valence-corrected chi connectivity index (χ1v) is 6.50. The maximum Gasteiger partial charge on any atom is 0.320 e. The minimum atomic E-state index is -0.811. The maximum atomic E-state index is 12.0. The number of piperidine rings is 1. The van der Waals surface area contributed by atoms with E-state index in [9.17, 15) is 9.59 Å². The Labute approximate surface area is 106 Å². The smallest absolute Gasteiger partial charge is 0.320 e. The molecule has 0 saturated carbocycles. The first kappa shape index (κ1) is 13.1. The Hall–Kier alpha value is -1.30. The number of nitrogens with zero attached hydrogens (tertiary/aromatic N) is 2. The molecule has 2 rings (SSSR count).